The number of H-pyrrole nitrogens is 1. The summed E-state index contributed by atoms with van der Waals surface area (Å²) in [6, 6.07) is 1.09. The molecule has 37 heavy (non-hydrogen) atoms. The van der Waals surface area contributed by atoms with Crippen molar-refractivity contribution in [1.82, 2.24) is 14.5 Å². The highest BCUT2D eigenvalue weighted by Gasteiger charge is 2.44. The number of aliphatic hydroxyl groups excluding tert-OH is 2. The third kappa shape index (κ3) is 10.3. The average molecular weight is 548 g/mol. The van der Waals surface area contributed by atoms with Gasteiger partial charge in [-0.15, -0.1) is 0 Å². The largest absolute Gasteiger partial charge is 0.387 e. The molecule has 5 atom stereocenters. The predicted octanol–water partition coefficient (Wildman–Crippen LogP) is -3.29. The molecule has 0 aliphatic carbocycles. The summed E-state index contributed by atoms with van der Waals surface area (Å²) in [6.45, 7) is 3.85. The molecule has 1 fully saturated rings. The van der Waals surface area contributed by atoms with Crippen molar-refractivity contribution in [3.63, 3.8) is 0 Å². The average Bonchev–Trinajstić information content (AvgIpc) is 3.09. The summed E-state index contributed by atoms with van der Waals surface area (Å²) in [7, 11) is -3.13. The first kappa shape index (κ1) is 30.5. The lowest BCUT2D eigenvalue weighted by Crippen LogP contribution is -2.37. The second-order valence-corrected chi connectivity index (χ2v) is 11.5. The summed E-state index contributed by atoms with van der Waals surface area (Å²) in [5.74, 6) is 0.0275. The van der Waals surface area contributed by atoms with Gasteiger partial charge in [-0.1, -0.05) is 0 Å². The minimum absolute atomic E-state index is 0.0138. The number of aromatic amines is 1. The van der Waals surface area contributed by atoms with Crippen molar-refractivity contribution < 1.29 is 24.0 Å². The molecule has 0 radical (unpaired) electrons. The summed E-state index contributed by atoms with van der Waals surface area (Å²) >= 11 is 0. The third-order valence-corrected chi connectivity index (χ3v) is 7.36. The first-order valence-corrected chi connectivity index (χ1v) is 14.0. The Hall–Kier alpha value is -2.75. The number of nitrogens with one attached hydrogen (secondary N) is 1. The zero-order valence-electron chi connectivity index (χ0n) is 20.8. The van der Waals surface area contributed by atoms with Crippen molar-refractivity contribution in [3.05, 3.63) is 33.1 Å². The lowest BCUT2D eigenvalue weighted by Gasteiger charge is -2.24. The van der Waals surface area contributed by atoms with E-state index in [1.807, 2.05) is 0 Å². The summed E-state index contributed by atoms with van der Waals surface area (Å²) in [5, 5.41) is 20.7. The number of aliphatic hydroxyl groups is 2. The van der Waals surface area contributed by atoms with Gasteiger partial charge in [0.1, 0.15) is 18.3 Å². The van der Waals surface area contributed by atoms with Crippen molar-refractivity contribution >= 4 is 19.3 Å². The number of nitrogens with two attached hydrogens (primary N) is 4. The molecule has 0 aromatic carbocycles. The molecule has 17 heteroatoms. The van der Waals surface area contributed by atoms with Crippen LogP contribution in [-0.4, -0.2) is 107 Å². The maximum Gasteiger partial charge on any atom is 0.330 e. The number of hydrogen-bond donors (Lipinski definition) is 7. The molecule has 0 spiro atoms. The van der Waals surface area contributed by atoms with Crippen LogP contribution in [0.4, 0.5) is 0 Å². The number of aromatic nitrogens is 2. The number of hydrogen-bond acceptors (Lipinski definition) is 10. The molecule has 210 valence electrons. The normalized spacial score (nSPS) is 23.0. The fourth-order valence-electron chi connectivity index (χ4n) is 3.68. The van der Waals surface area contributed by atoms with Crippen LogP contribution >= 0.6 is 7.37 Å². The molecule has 2 rings (SSSR count). The maximum atomic E-state index is 13.1. The Morgan fingerprint density at radius 3 is 2.24 bits per heavy atom. The quantitative estimate of drug-likeness (QED) is 0.0493. The van der Waals surface area contributed by atoms with E-state index in [1.165, 1.54) is 6.66 Å². The summed E-state index contributed by atoms with van der Waals surface area (Å²) in [6.07, 6.45) is -2.40. The highest BCUT2D eigenvalue weighted by molar-refractivity contribution is 7.58. The Morgan fingerprint density at radius 1 is 1.11 bits per heavy atom. The Morgan fingerprint density at radius 2 is 1.70 bits per heavy atom. The van der Waals surface area contributed by atoms with Gasteiger partial charge in [-0.2, -0.15) is 0 Å². The van der Waals surface area contributed by atoms with Gasteiger partial charge >= 0.3 is 5.69 Å². The lowest BCUT2D eigenvalue weighted by molar-refractivity contribution is -0.0512. The first-order chi connectivity index (χ1) is 17.4. The highest BCUT2D eigenvalue weighted by Crippen LogP contribution is 2.43. The Labute approximate surface area is 213 Å². The molecule has 11 N–H and O–H groups in total. The fourth-order valence-corrected chi connectivity index (χ4v) is 4.92. The second kappa shape index (κ2) is 14.3. The van der Waals surface area contributed by atoms with Gasteiger partial charge in [-0.3, -0.25) is 28.9 Å². The van der Waals surface area contributed by atoms with E-state index in [0.717, 1.165) is 16.8 Å². The maximum absolute atomic E-state index is 13.1. The van der Waals surface area contributed by atoms with Crippen molar-refractivity contribution in [1.29, 1.82) is 0 Å². The standard InChI is InChI=1S/C20H38N9O7P/c1-37(34,11-10-28(7-2-5-25-18(21)22)8-3-6-26-19(23)24)35-12-13-15(31)16(32)17(36-13)29-9-4-14(30)27-20(29)33/h4,9,13,15-17,31-32H,2-3,5-8,10-12H2,1H3,(H4,21,22,25)(H4,23,24,26)(H,27,30,33)/t13-,15?,16+,17-,37?/m1/s1. The smallest absolute Gasteiger partial charge is 0.330 e. The molecular formula is C20H38N9O7P. The van der Waals surface area contributed by atoms with Crippen LogP contribution in [-0.2, 0) is 13.8 Å². The predicted molar refractivity (Wildman–Crippen MR) is 139 cm³/mol. The second-order valence-electron chi connectivity index (χ2n) is 8.76. The van der Waals surface area contributed by atoms with E-state index in [1.54, 1.807) is 0 Å². The van der Waals surface area contributed by atoms with Crippen LogP contribution in [0.1, 0.15) is 19.1 Å². The summed E-state index contributed by atoms with van der Waals surface area (Å²) in [4.78, 5) is 35.4. The molecule has 1 aliphatic rings. The lowest BCUT2D eigenvalue weighted by atomic mass is 10.1. The van der Waals surface area contributed by atoms with Gasteiger partial charge < -0.3 is 47.3 Å². The van der Waals surface area contributed by atoms with Crippen molar-refractivity contribution in [2.24, 2.45) is 32.9 Å². The molecule has 0 saturated carbocycles. The van der Waals surface area contributed by atoms with Gasteiger partial charge in [0.25, 0.3) is 5.56 Å². The third-order valence-electron chi connectivity index (χ3n) is 5.65. The van der Waals surface area contributed by atoms with Gasteiger partial charge in [0, 0.05) is 44.7 Å². The van der Waals surface area contributed by atoms with Gasteiger partial charge in [-0.25, -0.2) is 4.79 Å². The Balaban J connectivity index is 1.91. The van der Waals surface area contributed by atoms with Gasteiger partial charge in [0.05, 0.1) is 6.61 Å². The van der Waals surface area contributed by atoms with Crippen LogP contribution in [0.5, 0.6) is 0 Å². The molecule has 1 aromatic heterocycles. The van der Waals surface area contributed by atoms with Crippen LogP contribution in [0.25, 0.3) is 0 Å². The van der Waals surface area contributed by atoms with Crippen molar-refractivity contribution in [2.45, 2.75) is 37.4 Å². The molecule has 2 unspecified atom stereocenters. The van der Waals surface area contributed by atoms with E-state index < -0.39 is 43.2 Å². The molecular weight excluding hydrogens is 509 g/mol. The van der Waals surface area contributed by atoms with Gasteiger partial charge in [-0.05, 0) is 25.9 Å². The van der Waals surface area contributed by atoms with Crippen molar-refractivity contribution in [2.75, 3.05) is 52.2 Å². The number of aliphatic imine (C=N–C) groups is 2. The molecule has 1 saturated heterocycles. The van der Waals surface area contributed by atoms with Crippen molar-refractivity contribution in [3.8, 4) is 0 Å². The molecule has 2 heterocycles. The SMILES string of the molecule is CP(=O)(CCN(CCCN=C(N)N)CCCN=C(N)N)OC[C@H]1O[C@@H](n2ccc(=O)[nH]c2=O)[C@@H](O)C1O. The zero-order valence-corrected chi connectivity index (χ0v) is 21.7. The topological polar surface area (TPSA) is 263 Å². The number of guanidine groups is 2. The minimum Gasteiger partial charge on any atom is -0.387 e. The highest BCUT2D eigenvalue weighted by atomic mass is 31.2. The summed E-state index contributed by atoms with van der Waals surface area (Å²) in [5.41, 5.74) is 20.0. The van der Waals surface area contributed by atoms with E-state index in [0.29, 0.717) is 45.6 Å². The van der Waals surface area contributed by atoms with E-state index in [9.17, 15) is 24.4 Å². The van der Waals surface area contributed by atoms with Gasteiger partial charge in [0.15, 0.2) is 18.1 Å². The van der Waals surface area contributed by atoms with Crippen LogP contribution in [0.3, 0.4) is 0 Å². The monoisotopic (exact) mass is 547 g/mol. The number of rotatable bonds is 15. The molecule has 1 aromatic rings. The number of nitrogens with zero attached hydrogens (tertiary/aromatic N) is 4. The number of ether oxygens (including phenoxy) is 1. The first-order valence-electron chi connectivity index (χ1n) is 11.8. The van der Waals surface area contributed by atoms with Crippen LogP contribution in [0.2, 0.25) is 0 Å². The van der Waals surface area contributed by atoms with Gasteiger partial charge in [0.2, 0.25) is 7.37 Å². The Bertz CT molecular complexity index is 1060. The van der Waals surface area contributed by atoms with E-state index in [4.69, 9.17) is 32.2 Å². The van der Waals surface area contributed by atoms with Crippen LogP contribution in [0.15, 0.2) is 31.8 Å². The van der Waals surface area contributed by atoms with E-state index in [-0.39, 0.29) is 24.7 Å². The van der Waals surface area contributed by atoms with Crippen LogP contribution in [0, 0.1) is 0 Å². The molecule has 16 nitrogen and oxygen atoms in total. The molecule has 0 bridgehead atoms. The van der Waals surface area contributed by atoms with Crippen LogP contribution < -0.4 is 34.2 Å². The summed E-state index contributed by atoms with van der Waals surface area (Å²) < 4.78 is 25.3. The fraction of sp³-hybridized carbons (Fsp3) is 0.700. The molecule has 0 amide bonds. The van der Waals surface area contributed by atoms with E-state index in [2.05, 4.69) is 19.9 Å². The van der Waals surface area contributed by atoms with E-state index >= 15 is 0 Å². The minimum atomic E-state index is -3.13. The molecule has 1 aliphatic heterocycles. The Kier molecular flexibility index (Phi) is 11.7. The zero-order chi connectivity index (χ0) is 27.6.